The highest BCUT2D eigenvalue weighted by atomic mass is 32.2. The first-order valence-electron chi connectivity index (χ1n) is 6.56. The molecule has 1 heterocycles. The van der Waals surface area contributed by atoms with Crippen LogP contribution in [0, 0.1) is 0 Å². The zero-order valence-corrected chi connectivity index (χ0v) is 13.2. The third kappa shape index (κ3) is 4.80. The van der Waals surface area contributed by atoms with Crippen molar-refractivity contribution in [2.45, 2.75) is 57.5 Å². The molecule has 0 amide bonds. The maximum Gasteiger partial charge on any atom is 0.303 e. The third-order valence-corrected chi connectivity index (χ3v) is 3.92. The number of hydrogen-bond acceptors (Lipinski definition) is 7. The van der Waals surface area contributed by atoms with Crippen LogP contribution in [0.15, 0.2) is 5.11 Å². The molecular formula is C12H19N3O5S. The minimum absolute atomic E-state index is 0.461. The lowest BCUT2D eigenvalue weighted by molar-refractivity contribution is -0.198. The summed E-state index contributed by atoms with van der Waals surface area (Å²) in [6.45, 7) is 6.16. The van der Waals surface area contributed by atoms with Gasteiger partial charge in [0.1, 0.15) is 11.5 Å². The summed E-state index contributed by atoms with van der Waals surface area (Å²) in [6.07, 6.45) is -2.15. The van der Waals surface area contributed by atoms with Crippen molar-refractivity contribution < 1.29 is 23.8 Å². The van der Waals surface area contributed by atoms with Crippen LogP contribution >= 0.6 is 11.8 Å². The van der Waals surface area contributed by atoms with E-state index in [2.05, 4.69) is 10.0 Å². The summed E-state index contributed by atoms with van der Waals surface area (Å²) in [4.78, 5) is 25.3. The molecule has 0 N–H and O–H groups in total. The first kappa shape index (κ1) is 17.6. The number of carbonyl (C=O) groups is 2. The number of carbonyl (C=O) groups excluding carboxylic acids is 2. The zero-order valence-electron chi connectivity index (χ0n) is 12.4. The summed E-state index contributed by atoms with van der Waals surface area (Å²) in [5.74, 6) is -0.321. The van der Waals surface area contributed by atoms with E-state index in [4.69, 9.17) is 19.7 Å². The van der Waals surface area contributed by atoms with E-state index < -0.39 is 41.7 Å². The summed E-state index contributed by atoms with van der Waals surface area (Å²) in [5, 5.41) is 3.68. The normalized spacial score (nSPS) is 31.9. The molecule has 0 unspecified atom stereocenters. The molecule has 0 spiro atoms. The van der Waals surface area contributed by atoms with Gasteiger partial charge in [-0.25, -0.2) is 0 Å². The SMILES string of the molecule is CCS[C@@H]1O[C@H](C)[C@H](OC(C)=O)[C@H](OC(C)=O)[C@H]1N=[N+]=[N-]. The number of azide groups is 1. The lowest BCUT2D eigenvalue weighted by Gasteiger charge is -2.42. The molecule has 5 atom stereocenters. The number of nitrogens with zero attached hydrogens (tertiary/aromatic N) is 3. The summed E-state index contributed by atoms with van der Waals surface area (Å²) in [6, 6.07) is -0.760. The molecule has 0 radical (unpaired) electrons. The van der Waals surface area contributed by atoms with E-state index in [9.17, 15) is 9.59 Å². The molecule has 1 aliphatic heterocycles. The summed E-state index contributed by atoms with van der Waals surface area (Å²) < 4.78 is 16.2. The Kier molecular flexibility index (Phi) is 6.80. The molecule has 0 saturated carbocycles. The van der Waals surface area contributed by atoms with Crippen LogP contribution in [0.1, 0.15) is 27.7 Å². The lowest BCUT2D eigenvalue weighted by Crippen LogP contribution is -2.57. The Morgan fingerprint density at radius 3 is 2.33 bits per heavy atom. The second-order valence-electron chi connectivity index (χ2n) is 4.51. The minimum Gasteiger partial charge on any atom is -0.458 e. The van der Waals surface area contributed by atoms with Crippen LogP contribution in [0.3, 0.4) is 0 Å². The van der Waals surface area contributed by atoms with Gasteiger partial charge in [0, 0.05) is 18.8 Å². The minimum atomic E-state index is -0.866. The molecule has 8 nitrogen and oxygen atoms in total. The highest BCUT2D eigenvalue weighted by molar-refractivity contribution is 7.99. The van der Waals surface area contributed by atoms with Gasteiger partial charge in [-0.05, 0) is 18.2 Å². The van der Waals surface area contributed by atoms with E-state index in [-0.39, 0.29) is 0 Å². The highest BCUT2D eigenvalue weighted by Gasteiger charge is 2.47. The van der Waals surface area contributed by atoms with Crippen LogP contribution in [0.4, 0.5) is 0 Å². The van der Waals surface area contributed by atoms with Gasteiger partial charge >= 0.3 is 11.9 Å². The van der Waals surface area contributed by atoms with Crippen LogP contribution < -0.4 is 0 Å². The molecule has 1 aliphatic rings. The van der Waals surface area contributed by atoms with Crippen molar-refractivity contribution in [1.82, 2.24) is 0 Å². The van der Waals surface area contributed by atoms with Crippen LogP contribution in [-0.4, -0.2) is 47.5 Å². The molecular weight excluding hydrogens is 298 g/mol. The van der Waals surface area contributed by atoms with Gasteiger partial charge in [-0.3, -0.25) is 9.59 Å². The van der Waals surface area contributed by atoms with Gasteiger partial charge in [-0.15, -0.1) is 11.8 Å². The second kappa shape index (κ2) is 8.11. The van der Waals surface area contributed by atoms with E-state index in [0.29, 0.717) is 0 Å². The maximum absolute atomic E-state index is 11.3. The van der Waals surface area contributed by atoms with Gasteiger partial charge in [0.2, 0.25) is 0 Å². The monoisotopic (exact) mass is 317 g/mol. The molecule has 118 valence electrons. The molecule has 0 aromatic heterocycles. The number of ether oxygens (including phenoxy) is 3. The van der Waals surface area contributed by atoms with Gasteiger partial charge < -0.3 is 14.2 Å². The summed E-state index contributed by atoms with van der Waals surface area (Å²) in [7, 11) is 0. The first-order chi connectivity index (χ1) is 9.90. The van der Waals surface area contributed by atoms with Crippen molar-refractivity contribution in [3.63, 3.8) is 0 Å². The zero-order chi connectivity index (χ0) is 16.0. The number of esters is 2. The third-order valence-electron chi connectivity index (χ3n) is 2.87. The van der Waals surface area contributed by atoms with Crippen LogP contribution in [0.25, 0.3) is 10.4 Å². The van der Waals surface area contributed by atoms with Gasteiger partial charge in [0.25, 0.3) is 0 Å². The first-order valence-corrected chi connectivity index (χ1v) is 7.61. The standard InChI is InChI=1S/C12H19N3O5S/c1-5-21-12-9(14-15-13)11(20-8(4)17)10(6(2)18-12)19-7(3)16/h6,9-12H,5H2,1-4H3/t6-,9-,10+,11-,12+/m1/s1. The molecule has 1 saturated heterocycles. The molecule has 0 aromatic rings. The smallest absolute Gasteiger partial charge is 0.303 e. The van der Waals surface area contributed by atoms with Crippen LogP contribution in [0.5, 0.6) is 0 Å². The molecule has 0 aromatic carbocycles. The van der Waals surface area contributed by atoms with Gasteiger partial charge in [-0.1, -0.05) is 12.0 Å². The molecule has 0 aliphatic carbocycles. The van der Waals surface area contributed by atoms with Gasteiger partial charge in [0.15, 0.2) is 12.2 Å². The number of rotatable bonds is 5. The Bertz CT molecular complexity index is 441. The van der Waals surface area contributed by atoms with Crippen LogP contribution in [-0.2, 0) is 23.8 Å². The number of thioether (sulfide) groups is 1. The van der Waals surface area contributed by atoms with Crippen molar-refractivity contribution in [2.24, 2.45) is 5.11 Å². The van der Waals surface area contributed by atoms with E-state index in [1.807, 2.05) is 6.92 Å². The van der Waals surface area contributed by atoms with E-state index >= 15 is 0 Å². The molecule has 0 bridgehead atoms. The Labute approximate surface area is 127 Å². The van der Waals surface area contributed by atoms with Crippen LogP contribution in [0.2, 0.25) is 0 Å². The summed E-state index contributed by atoms with van der Waals surface area (Å²) >= 11 is 1.44. The predicted molar refractivity (Wildman–Crippen MR) is 76.5 cm³/mol. The Balaban J connectivity index is 3.10. The molecule has 1 fully saturated rings. The molecule has 9 heteroatoms. The van der Waals surface area contributed by atoms with Gasteiger partial charge in [-0.2, -0.15) is 0 Å². The second-order valence-corrected chi connectivity index (χ2v) is 5.88. The quantitative estimate of drug-likeness (QED) is 0.332. The predicted octanol–water partition coefficient (Wildman–Crippen LogP) is 2.03. The number of hydrogen-bond donors (Lipinski definition) is 0. The lowest BCUT2D eigenvalue weighted by atomic mass is 9.98. The molecule has 21 heavy (non-hydrogen) atoms. The largest absolute Gasteiger partial charge is 0.458 e. The van der Waals surface area contributed by atoms with E-state index in [1.165, 1.54) is 25.6 Å². The summed E-state index contributed by atoms with van der Waals surface area (Å²) in [5.41, 5.74) is 8.27. The highest BCUT2D eigenvalue weighted by Crippen LogP contribution is 2.33. The molecule has 1 rings (SSSR count). The van der Waals surface area contributed by atoms with Gasteiger partial charge in [0.05, 0.1) is 6.10 Å². The van der Waals surface area contributed by atoms with Crippen molar-refractivity contribution in [2.75, 3.05) is 5.75 Å². The fourth-order valence-electron chi connectivity index (χ4n) is 2.15. The van der Waals surface area contributed by atoms with Crippen molar-refractivity contribution in [3.8, 4) is 0 Å². The maximum atomic E-state index is 11.3. The Morgan fingerprint density at radius 2 is 1.86 bits per heavy atom. The Hall–Kier alpha value is -1.44. The average molecular weight is 317 g/mol. The van der Waals surface area contributed by atoms with E-state index in [1.54, 1.807) is 6.92 Å². The van der Waals surface area contributed by atoms with Crippen molar-refractivity contribution in [1.29, 1.82) is 0 Å². The fraction of sp³-hybridized carbons (Fsp3) is 0.833. The Morgan fingerprint density at radius 1 is 1.29 bits per heavy atom. The fourth-order valence-corrected chi connectivity index (χ4v) is 3.14. The van der Waals surface area contributed by atoms with Crippen molar-refractivity contribution in [3.05, 3.63) is 10.4 Å². The van der Waals surface area contributed by atoms with E-state index in [0.717, 1.165) is 5.75 Å². The van der Waals surface area contributed by atoms with Crippen molar-refractivity contribution >= 4 is 23.7 Å². The topological polar surface area (TPSA) is 111 Å². The average Bonchev–Trinajstić information content (AvgIpc) is 2.37.